The predicted molar refractivity (Wildman–Crippen MR) is 46.3 cm³/mol. The van der Waals surface area contributed by atoms with Crippen LogP contribution in [0.3, 0.4) is 0 Å². The van der Waals surface area contributed by atoms with E-state index in [1.54, 1.807) is 19.3 Å². The average Bonchev–Trinajstić information content (AvgIpc) is 2.52. The highest BCUT2D eigenvalue weighted by Crippen LogP contribution is 2.04. The van der Waals surface area contributed by atoms with Crippen LogP contribution in [-0.4, -0.2) is 22.0 Å². The van der Waals surface area contributed by atoms with Crippen LogP contribution in [0.15, 0.2) is 17.1 Å². The van der Waals surface area contributed by atoms with Crippen LogP contribution < -0.4 is 10.9 Å². The third-order valence-corrected chi connectivity index (χ3v) is 1.66. The van der Waals surface area contributed by atoms with Crippen molar-refractivity contribution in [3.05, 3.63) is 22.6 Å². The molecule has 5 heteroatoms. The van der Waals surface area contributed by atoms with Crippen molar-refractivity contribution in [2.24, 2.45) is 0 Å². The van der Waals surface area contributed by atoms with Gasteiger partial charge >= 0.3 is 0 Å². The Balaban J connectivity index is 2.84. The Morgan fingerprint density at radius 3 is 3.17 bits per heavy atom. The predicted octanol–water partition coefficient (Wildman–Crippen LogP) is 0.293. The van der Waals surface area contributed by atoms with E-state index in [2.05, 4.69) is 20.3 Å². The van der Waals surface area contributed by atoms with Crippen LogP contribution in [0.1, 0.15) is 0 Å². The van der Waals surface area contributed by atoms with Crippen LogP contribution in [-0.2, 0) is 0 Å². The third kappa shape index (κ3) is 0.868. The lowest BCUT2D eigenvalue weighted by Gasteiger charge is -1.96. The lowest BCUT2D eigenvalue weighted by atomic mass is 10.4. The van der Waals surface area contributed by atoms with Crippen molar-refractivity contribution in [2.75, 3.05) is 12.4 Å². The summed E-state index contributed by atoms with van der Waals surface area (Å²) in [5, 5.41) is 3.34. The lowest BCUT2D eigenvalue weighted by Crippen LogP contribution is -2.10. The lowest BCUT2D eigenvalue weighted by molar-refractivity contribution is 1.14. The molecule has 12 heavy (non-hydrogen) atoms. The molecule has 3 N–H and O–H groups in total. The van der Waals surface area contributed by atoms with Gasteiger partial charge in [-0.2, -0.15) is 4.98 Å². The highest BCUT2D eigenvalue weighted by atomic mass is 16.1. The molecule has 0 fully saturated rings. The monoisotopic (exact) mass is 164 g/mol. The zero-order valence-corrected chi connectivity index (χ0v) is 6.51. The van der Waals surface area contributed by atoms with E-state index in [-0.39, 0.29) is 5.56 Å². The third-order valence-electron chi connectivity index (χ3n) is 1.66. The first-order valence-electron chi connectivity index (χ1n) is 3.56. The molecule has 2 aromatic rings. The fraction of sp³-hybridized carbons (Fsp3) is 0.143. The molecule has 2 aromatic heterocycles. The van der Waals surface area contributed by atoms with Crippen molar-refractivity contribution in [3.8, 4) is 0 Å². The first-order valence-corrected chi connectivity index (χ1v) is 3.56. The van der Waals surface area contributed by atoms with Crippen molar-refractivity contribution in [1.82, 2.24) is 15.0 Å². The van der Waals surface area contributed by atoms with Crippen LogP contribution in [0.4, 0.5) is 5.95 Å². The zero-order chi connectivity index (χ0) is 8.55. The summed E-state index contributed by atoms with van der Waals surface area (Å²) >= 11 is 0. The van der Waals surface area contributed by atoms with Gasteiger partial charge in [0.25, 0.3) is 5.56 Å². The Labute approximate surface area is 67.8 Å². The van der Waals surface area contributed by atoms with E-state index in [1.807, 2.05) is 0 Å². The fourth-order valence-electron chi connectivity index (χ4n) is 1.07. The van der Waals surface area contributed by atoms with Crippen molar-refractivity contribution in [2.45, 2.75) is 0 Å². The van der Waals surface area contributed by atoms with E-state index in [0.29, 0.717) is 17.0 Å². The number of anilines is 1. The summed E-state index contributed by atoms with van der Waals surface area (Å²) in [4.78, 5) is 20.8. The molecule has 0 unspecified atom stereocenters. The second kappa shape index (κ2) is 2.37. The Bertz CT molecular complexity index is 456. The molecule has 0 spiro atoms. The smallest absolute Gasteiger partial charge is 0.261 e. The van der Waals surface area contributed by atoms with E-state index < -0.39 is 0 Å². The topological polar surface area (TPSA) is 73.6 Å². The van der Waals surface area contributed by atoms with E-state index in [9.17, 15) is 4.79 Å². The van der Waals surface area contributed by atoms with Gasteiger partial charge in [0.05, 0.1) is 5.39 Å². The van der Waals surface area contributed by atoms with Gasteiger partial charge in [0, 0.05) is 13.2 Å². The largest absolute Gasteiger partial charge is 0.359 e. The minimum absolute atomic E-state index is 0.134. The second-order valence-corrected chi connectivity index (χ2v) is 2.40. The highest BCUT2D eigenvalue weighted by molar-refractivity contribution is 5.74. The molecule has 0 saturated heterocycles. The van der Waals surface area contributed by atoms with Crippen LogP contribution in [0, 0.1) is 0 Å². The van der Waals surface area contributed by atoms with E-state index in [1.165, 1.54) is 0 Å². The molecule has 0 aliphatic carbocycles. The Morgan fingerprint density at radius 2 is 2.42 bits per heavy atom. The van der Waals surface area contributed by atoms with Gasteiger partial charge < -0.3 is 10.3 Å². The minimum Gasteiger partial charge on any atom is -0.359 e. The maximum Gasteiger partial charge on any atom is 0.261 e. The molecule has 0 atom stereocenters. The minimum atomic E-state index is -0.134. The number of rotatable bonds is 1. The first kappa shape index (κ1) is 6.90. The zero-order valence-electron chi connectivity index (χ0n) is 6.51. The summed E-state index contributed by atoms with van der Waals surface area (Å²) in [6.07, 6.45) is 1.69. The molecule has 0 saturated carbocycles. The number of fused-ring (bicyclic) bond motifs is 1. The van der Waals surface area contributed by atoms with Crippen molar-refractivity contribution in [3.63, 3.8) is 0 Å². The van der Waals surface area contributed by atoms with Crippen LogP contribution in [0.5, 0.6) is 0 Å². The van der Waals surface area contributed by atoms with Crippen LogP contribution in [0.2, 0.25) is 0 Å². The number of nitrogens with zero attached hydrogens (tertiary/aromatic N) is 1. The molecule has 0 aromatic carbocycles. The number of nitrogens with one attached hydrogen (secondary N) is 3. The number of hydrogen-bond acceptors (Lipinski definition) is 3. The molecule has 2 heterocycles. The van der Waals surface area contributed by atoms with E-state index in [4.69, 9.17) is 0 Å². The Hall–Kier alpha value is -1.78. The molecule has 0 aliphatic rings. The standard InChI is InChI=1S/C7H8N4O/c1-8-7-10-5-4(2-3-9-5)6(12)11-7/h2-3H,1H3,(H3,8,9,10,11,12). The maximum atomic E-state index is 11.3. The quantitative estimate of drug-likeness (QED) is 0.567. The van der Waals surface area contributed by atoms with E-state index in [0.717, 1.165) is 0 Å². The van der Waals surface area contributed by atoms with Gasteiger partial charge in [-0.3, -0.25) is 9.78 Å². The van der Waals surface area contributed by atoms with Gasteiger partial charge in [0.1, 0.15) is 5.65 Å². The highest BCUT2D eigenvalue weighted by Gasteiger charge is 2.01. The SMILES string of the molecule is CNc1nc2[nH]ccc2c(=O)[nH]1. The summed E-state index contributed by atoms with van der Waals surface area (Å²) in [6.45, 7) is 0. The molecular formula is C7H8N4O. The van der Waals surface area contributed by atoms with Crippen LogP contribution >= 0.6 is 0 Å². The summed E-state index contributed by atoms with van der Waals surface area (Å²) in [6, 6.07) is 1.70. The van der Waals surface area contributed by atoms with Crippen molar-refractivity contribution < 1.29 is 0 Å². The summed E-state index contributed by atoms with van der Waals surface area (Å²) in [7, 11) is 1.70. The molecule has 0 radical (unpaired) electrons. The van der Waals surface area contributed by atoms with Gasteiger partial charge in [-0.05, 0) is 6.07 Å². The summed E-state index contributed by atoms with van der Waals surface area (Å²) < 4.78 is 0. The first-order chi connectivity index (χ1) is 5.81. The number of aromatic amines is 2. The van der Waals surface area contributed by atoms with Gasteiger partial charge in [-0.25, -0.2) is 0 Å². The second-order valence-electron chi connectivity index (χ2n) is 2.40. The number of H-pyrrole nitrogens is 2. The molecular weight excluding hydrogens is 156 g/mol. The van der Waals surface area contributed by atoms with Crippen molar-refractivity contribution >= 4 is 17.0 Å². The van der Waals surface area contributed by atoms with Gasteiger partial charge in [0.15, 0.2) is 0 Å². The summed E-state index contributed by atoms with van der Waals surface area (Å²) in [5.41, 5.74) is 0.466. The normalized spacial score (nSPS) is 10.4. The average molecular weight is 164 g/mol. The Kier molecular flexibility index (Phi) is 1.36. The molecule has 0 bridgehead atoms. The van der Waals surface area contributed by atoms with Gasteiger partial charge in [-0.15, -0.1) is 0 Å². The van der Waals surface area contributed by atoms with Gasteiger partial charge in [-0.1, -0.05) is 0 Å². The number of aromatic nitrogens is 3. The maximum absolute atomic E-state index is 11.3. The molecule has 62 valence electrons. The molecule has 2 rings (SSSR count). The van der Waals surface area contributed by atoms with Crippen molar-refractivity contribution in [1.29, 1.82) is 0 Å². The van der Waals surface area contributed by atoms with Gasteiger partial charge in [0.2, 0.25) is 5.95 Å². The molecule has 0 amide bonds. The summed E-state index contributed by atoms with van der Waals surface area (Å²) in [5.74, 6) is 0.468. The molecule has 5 nitrogen and oxygen atoms in total. The van der Waals surface area contributed by atoms with E-state index >= 15 is 0 Å². The van der Waals surface area contributed by atoms with Crippen LogP contribution in [0.25, 0.3) is 11.0 Å². The molecule has 0 aliphatic heterocycles. The fourth-order valence-corrected chi connectivity index (χ4v) is 1.07. The number of hydrogen-bond donors (Lipinski definition) is 3. The Morgan fingerprint density at radius 1 is 1.58 bits per heavy atom.